The molecule has 7 nitrogen and oxygen atoms in total. The Hall–Kier alpha value is -2.59. The van der Waals surface area contributed by atoms with Gasteiger partial charge in [0.25, 0.3) is 0 Å². The lowest BCUT2D eigenvalue weighted by Crippen LogP contribution is -2.56. The Balaban J connectivity index is 1.70. The van der Waals surface area contributed by atoms with Gasteiger partial charge in [-0.1, -0.05) is 17.7 Å². The van der Waals surface area contributed by atoms with E-state index in [-0.39, 0.29) is 41.3 Å². The lowest BCUT2D eigenvalue weighted by molar-refractivity contribution is -0.138. The zero-order valence-electron chi connectivity index (χ0n) is 14.4. The molecule has 1 unspecified atom stereocenters. The molecule has 0 spiro atoms. The molecular formula is C17H16ClF3N4O3. The van der Waals surface area contributed by atoms with Crippen LogP contribution < -0.4 is 15.0 Å². The van der Waals surface area contributed by atoms with Gasteiger partial charge in [-0.15, -0.1) is 0 Å². The number of hydrogen-bond donors (Lipinski definition) is 2. The summed E-state index contributed by atoms with van der Waals surface area (Å²) in [6, 6.07) is 3.08. The van der Waals surface area contributed by atoms with E-state index in [0.717, 1.165) is 6.07 Å². The maximum atomic E-state index is 13.1. The number of piperazine rings is 1. The Morgan fingerprint density at radius 2 is 2.04 bits per heavy atom. The second-order valence-corrected chi connectivity index (χ2v) is 6.51. The number of aliphatic hydroxyl groups excluding tert-OH is 1. The quantitative estimate of drug-likeness (QED) is 0.775. The van der Waals surface area contributed by atoms with Crippen molar-refractivity contribution in [3.8, 4) is 5.75 Å². The number of halogens is 4. The average Bonchev–Trinajstić information content (AvgIpc) is 2.66. The predicted molar refractivity (Wildman–Crippen MR) is 94.0 cm³/mol. The summed E-state index contributed by atoms with van der Waals surface area (Å²) in [6.07, 6.45) is -1.96. The van der Waals surface area contributed by atoms with Crippen LogP contribution in [0.2, 0.25) is 5.02 Å². The lowest BCUT2D eigenvalue weighted by Gasteiger charge is -2.31. The zero-order valence-corrected chi connectivity index (χ0v) is 15.2. The van der Waals surface area contributed by atoms with E-state index in [1.807, 2.05) is 0 Å². The number of amides is 1. The molecule has 1 atom stereocenters. The van der Waals surface area contributed by atoms with Crippen molar-refractivity contribution in [2.75, 3.05) is 24.6 Å². The number of ether oxygens (including phenoxy) is 1. The Kier molecular flexibility index (Phi) is 5.90. The first-order valence-corrected chi connectivity index (χ1v) is 8.60. The molecule has 150 valence electrons. The first kappa shape index (κ1) is 20.2. The van der Waals surface area contributed by atoms with E-state index >= 15 is 0 Å². The fourth-order valence-electron chi connectivity index (χ4n) is 2.75. The van der Waals surface area contributed by atoms with Gasteiger partial charge in [-0.2, -0.15) is 13.2 Å². The second-order valence-electron chi connectivity index (χ2n) is 6.10. The average molecular weight is 417 g/mol. The zero-order chi connectivity index (χ0) is 20.3. The number of aromatic nitrogens is 2. The molecule has 0 aliphatic carbocycles. The van der Waals surface area contributed by atoms with Gasteiger partial charge in [-0.3, -0.25) is 4.79 Å². The van der Waals surface area contributed by atoms with Gasteiger partial charge in [-0.25, -0.2) is 9.97 Å². The third-order valence-electron chi connectivity index (χ3n) is 4.07. The van der Waals surface area contributed by atoms with Crippen LogP contribution in [-0.2, 0) is 17.6 Å². The number of nitrogens with one attached hydrogen (secondary N) is 1. The fourth-order valence-corrected chi connectivity index (χ4v) is 2.98. The van der Waals surface area contributed by atoms with Crippen LogP contribution in [0.15, 0.2) is 30.6 Å². The van der Waals surface area contributed by atoms with Crippen LogP contribution in [0.1, 0.15) is 11.1 Å². The van der Waals surface area contributed by atoms with Gasteiger partial charge < -0.3 is 20.1 Å². The van der Waals surface area contributed by atoms with E-state index in [1.54, 1.807) is 4.90 Å². The third kappa shape index (κ3) is 4.63. The van der Waals surface area contributed by atoms with Gasteiger partial charge in [0, 0.05) is 17.1 Å². The molecule has 0 radical (unpaired) electrons. The highest BCUT2D eigenvalue weighted by Crippen LogP contribution is 2.35. The molecule has 1 fully saturated rings. The Morgan fingerprint density at radius 1 is 1.32 bits per heavy atom. The highest BCUT2D eigenvalue weighted by Gasteiger charge is 2.34. The monoisotopic (exact) mass is 416 g/mol. The Bertz CT molecular complexity index is 849. The van der Waals surface area contributed by atoms with Crippen LogP contribution in [0.25, 0.3) is 0 Å². The topological polar surface area (TPSA) is 87.6 Å². The minimum Gasteiger partial charge on any atom is -0.486 e. The molecule has 2 N–H and O–H groups in total. The number of alkyl halides is 3. The van der Waals surface area contributed by atoms with E-state index in [2.05, 4.69) is 15.3 Å². The largest absolute Gasteiger partial charge is 0.486 e. The number of carbonyl (C=O) groups is 1. The number of carbonyl (C=O) groups excluding carboxylic acids is 1. The molecule has 3 rings (SSSR count). The number of nitrogens with zero attached hydrogens (tertiary/aromatic N) is 3. The van der Waals surface area contributed by atoms with Crippen LogP contribution in [0.3, 0.4) is 0 Å². The number of hydrogen-bond acceptors (Lipinski definition) is 6. The maximum Gasteiger partial charge on any atom is 0.416 e. The summed E-state index contributed by atoms with van der Waals surface area (Å²) < 4.78 is 44.7. The minimum atomic E-state index is -4.55. The number of benzene rings is 1. The Morgan fingerprint density at radius 3 is 2.68 bits per heavy atom. The van der Waals surface area contributed by atoms with E-state index in [4.69, 9.17) is 16.3 Å². The summed E-state index contributed by atoms with van der Waals surface area (Å²) in [5, 5.41) is 11.8. The van der Waals surface area contributed by atoms with Crippen molar-refractivity contribution in [2.24, 2.45) is 0 Å². The number of rotatable bonds is 5. The molecule has 1 aromatic heterocycles. The van der Waals surface area contributed by atoms with Crippen LogP contribution in [0, 0.1) is 0 Å². The van der Waals surface area contributed by atoms with Crippen molar-refractivity contribution in [2.45, 2.75) is 18.8 Å². The standard InChI is InChI=1S/C17H16ClF3N4O3/c18-14-3-1-2-13(17(19,20)21)12(14)9-28-11-4-22-16(23-5-11)25-6-10(8-26)24-15(27)7-25/h1-5,10,26H,6-9H2,(H,24,27). The van der Waals surface area contributed by atoms with E-state index in [9.17, 15) is 23.1 Å². The van der Waals surface area contributed by atoms with Crippen LogP contribution in [-0.4, -0.2) is 46.7 Å². The SMILES string of the molecule is O=C1CN(c2ncc(OCc3c(Cl)cccc3C(F)(F)F)cn2)CC(CO)N1. The van der Waals surface area contributed by atoms with Crippen molar-refractivity contribution >= 4 is 23.5 Å². The predicted octanol–water partition coefficient (Wildman–Crippen LogP) is 2.02. The molecule has 2 aromatic rings. The summed E-state index contributed by atoms with van der Waals surface area (Å²) in [4.78, 5) is 21.4. The molecule has 1 aliphatic rings. The van der Waals surface area contributed by atoms with Gasteiger partial charge in [0.05, 0.1) is 37.2 Å². The van der Waals surface area contributed by atoms with Crippen molar-refractivity contribution in [1.82, 2.24) is 15.3 Å². The van der Waals surface area contributed by atoms with Gasteiger partial charge >= 0.3 is 6.18 Å². The number of anilines is 1. The van der Waals surface area contributed by atoms with Gasteiger partial charge in [0.1, 0.15) is 6.61 Å². The van der Waals surface area contributed by atoms with Gasteiger partial charge in [0.15, 0.2) is 5.75 Å². The van der Waals surface area contributed by atoms with Crippen molar-refractivity contribution < 1.29 is 27.8 Å². The molecule has 2 heterocycles. The summed E-state index contributed by atoms with van der Waals surface area (Å²) in [6.45, 7) is -0.263. The first-order valence-electron chi connectivity index (χ1n) is 8.22. The maximum absolute atomic E-state index is 13.1. The van der Waals surface area contributed by atoms with E-state index in [0.29, 0.717) is 6.54 Å². The van der Waals surface area contributed by atoms with Crippen molar-refractivity contribution in [1.29, 1.82) is 0 Å². The van der Waals surface area contributed by atoms with E-state index in [1.165, 1.54) is 24.5 Å². The van der Waals surface area contributed by atoms with Crippen LogP contribution in [0.4, 0.5) is 19.1 Å². The van der Waals surface area contributed by atoms with Gasteiger partial charge in [-0.05, 0) is 12.1 Å². The molecule has 0 saturated carbocycles. The highest BCUT2D eigenvalue weighted by atomic mass is 35.5. The Labute approximate surface area is 163 Å². The second kappa shape index (κ2) is 8.19. The molecule has 1 saturated heterocycles. The molecule has 28 heavy (non-hydrogen) atoms. The highest BCUT2D eigenvalue weighted by molar-refractivity contribution is 6.31. The summed E-state index contributed by atoms with van der Waals surface area (Å²) in [5.74, 6) is 0.124. The lowest BCUT2D eigenvalue weighted by atomic mass is 10.1. The molecule has 1 aromatic carbocycles. The molecule has 1 amide bonds. The fraction of sp³-hybridized carbons (Fsp3) is 0.353. The van der Waals surface area contributed by atoms with Crippen LogP contribution in [0.5, 0.6) is 5.75 Å². The smallest absolute Gasteiger partial charge is 0.416 e. The summed E-state index contributed by atoms with van der Waals surface area (Å²) in [7, 11) is 0. The number of aliphatic hydroxyl groups is 1. The molecule has 11 heteroatoms. The van der Waals surface area contributed by atoms with Gasteiger partial charge in [0.2, 0.25) is 11.9 Å². The van der Waals surface area contributed by atoms with Crippen molar-refractivity contribution in [3.63, 3.8) is 0 Å². The normalized spacial score (nSPS) is 17.4. The molecule has 0 bridgehead atoms. The summed E-state index contributed by atoms with van der Waals surface area (Å²) >= 11 is 5.89. The van der Waals surface area contributed by atoms with Crippen molar-refractivity contribution in [3.05, 3.63) is 46.7 Å². The minimum absolute atomic E-state index is 0.0330. The summed E-state index contributed by atoms with van der Waals surface area (Å²) in [5.41, 5.74) is -1.05. The van der Waals surface area contributed by atoms with E-state index < -0.39 is 24.4 Å². The van der Waals surface area contributed by atoms with Crippen LogP contribution >= 0.6 is 11.6 Å². The third-order valence-corrected chi connectivity index (χ3v) is 4.42. The molecular weight excluding hydrogens is 401 g/mol. The first-order chi connectivity index (χ1) is 13.3. The molecule has 1 aliphatic heterocycles.